The summed E-state index contributed by atoms with van der Waals surface area (Å²) in [5.74, 6) is -1.49. The van der Waals surface area contributed by atoms with Crippen LogP contribution in [0.15, 0.2) is 30.6 Å². The summed E-state index contributed by atoms with van der Waals surface area (Å²) >= 11 is 0. The Bertz CT molecular complexity index is 477. The summed E-state index contributed by atoms with van der Waals surface area (Å²) < 4.78 is 26.6. The minimum Gasteiger partial charge on any atom is -0.256 e. The highest BCUT2D eigenvalue weighted by molar-refractivity contribution is 5.59. The second kappa shape index (κ2) is 3.73. The van der Waals surface area contributed by atoms with E-state index in [-0.39, 0.29) is 11.3 Å². The molecule has 76 valence electrons. The molecule has 0 fully saturated rings. The van der Waals surface area contributed by atoms with Crippen molar-refractivity contribution in [3.63, 3.8) is 0 Å². The van der Waals surface area contributed by atoms with Crippen LogP contribution in [0, 0.1) is 18.7 Å². The van der Waals surface area contributed by atoms with E-state index in [9.17, 15) is 8.78 Å². The van der Waals surface area contributed by atoms with Crippen molar-refractivity contribution in [2.45, 2.75) is 6.92 Å². The topological polar surface area (TPSA) is 25.8 Å². The molecule has 0 amide bonds. The van der Waals surface area contributed by atoms with Gasteiger partial charge in [0.05, 0.1) is 11.3 Å². The standard InChI is InChI=1S/C11H8F2N2/c1-7-2-4-14-9(6-7)10-8(12)3-5-15-11(10)13/h2-6H,1H3. The van der Waals surface area contributed by atoms with E-state index < -0.39 is 11.8 Å². The molecule has 0 saturated heterocycles. The number of aryl methyl sites for hydroxylation is 1. The van der Waals surface area contributed by atoms with Gasteiger partial charge in [0.2, 0.25) is 5.95 Å². The van der Waals surface area contributed by atoms with Crippen LogP contribution in [0.5, 0.6) is 0 Å². The Morgan fingerprint density at radius 1 is 1.07 bits per heavy atom. The van der Waals surface area contributed by atoms with E-state index in [1.165, 1.54) is 6.20 Å². The molecule has 0 bridgehead atoms. The van der Waals surface area contributed by atoms with Crippen molar-refractivity contribution in [3.8, 4) is 11.3 Å². The lowest BCUT2D eigenvalue weighted by atomic mass is 10.1. The normalized spacial score (nSPS) is 10.3. The molecule has 0 aliphatic rings. The zero-order chi connectivity index (χ0) is 10.8. The number of halogens is 2. The third kappa shape index (κ3) is 1.83. The highest BCUT2D eigenvalue weighted by Gasteiger charge is 2.12. The molecule has 0 aromatic carbocycles. The lowest BCUT2D eigenvalue weighted by molar-refractivity contribution is 0.557. The number of pyridine rings is 2. The molecule has 0 spiro atoms. The number of aromatic nitrogens is 2. The Hall–Kier alpha value is -1.84. The number of rotatable bonds is 1. The van der Waals surface area contributed by atoms with Gasteiger partial charge in [-0.15, -0.1) is 0 Å². The Morgan fingerprint density at radius 2 is 1.80 bits per heavy atom. The molecule has 2 aromatic rings. The maximum atomic E-state index is 13.3. The van der Waals surface area contributed by atoms with Crippen LogP contribution in [0.4, 0.5) is 8.78 Å². The van der Waals surface area contributed by atoms with E-state index in [1.54, 1.807) is 12.1 Å². The molecule has 2 heterocycles. The molecule has 2 nitrogen and oxygen atoms in total. The van der Waals surface area contributed by atoms with Crippen molar-refractivity contribution in [2.24, 2.45) is 0 Å². The van der Waals surface area contributed by atoms with Gasteiger partial charge in [0.15, 0.2) is 0 Å². The van der Waals surface area contributed by atoms with Crippen LogP contribution < -0.4 is 0 Å². The summed E-state index contributed by atoms with van der Waals surface area (Å²) in [7, 11) is 0. The highest BCUT2D eigenvalue weighted by atomic mass is 19.1. The van der Waals surface area contributed by atoms with Gasteiger partial charge >= 0.3 is 0 Å². The number of hydrogen-bond acceptors (Lipinski definition) is 2. The van der Waals surface area contributed by atoms with Crippen LogP contribution in [-0.4, -0.2) is 9.97 Å². The molecule has 0 N–H and O–H groups in total. The summed E-state index contributed by atoms with van der Waals surface area (Å²) in [6, 6.07) is 4.49. The molecular formula is C11H8F2N2. The molecular weight excluding hydrogens is 198 g/mol. The van der Waals surface area contributed by atoms with Gasteiger partial charge < -0.3 is 0 Å². The molecule has 15 heavy (non-hydrogen) atoms. The van der Waals surface area contributed by atoms with Crippen molar-refractivity contribution in [1.29, 1.82) is 0 Å². The fourth-order valence-electron chi connectivity index (χ4n) is 1.32. The summed E-state index contributed by atoms with van der Waals surface area (Å²) in [5.41, 5.74) is 0.974. The second-order valence-corrected chi connectivity index (χ2v) is 3.18. The van der Waals surface area contributed by atoms with Gasteiger partial charge in [0, 0.05) is 12.4 Å². The van der Waals surface area contributed by atoms with Gasteiger partial charge in [0.25, 0.3) is 0 Å². The van der Waals surface area contributed by atoms with Crippen molar-refractivity contribution >= 4 is 0 Å². The van der Waals surface area contributed by atoms with Gasteiger partial charge in [-0.2, -0.15) is 4.39 Å². The molecule has 2 aromatic heterocycles. The average Bonchev–Trinajstić information content (AvgIpc) is 2.17. The van der Waals surface area contributed by atoms with Crippen LogP contribution in [-0.2, 0) is 0 Å². The third-order valence-corrected chi connectivity index (χ3v) is 2.03. The molecule has 2 rings (SSSR count). The zero-order valence-electron chi connectivity index (χ0n) is 8.04. The lowest BCUT2D eigenvalue weighted by Gasteiger charge is -2.03. The number of nitrogens with zero attached hydrogens (tertiary/aromatic N) is 2. The van der Waals surface area contributed by atoms with Crippen LogP contribution in [0.25, 0.3) is 11.3 Å². The molecule has 0 saturated carbocycles. The minimum atomic E-state index is -0.840. The lowest BCUT2D eigenvalue weighted by Crippen LogP contribution is -1.95. The monoisotopic (exact) mass is 206 g/mol. The molecule has 0 aliphatic heterocycles. The SMILES string of the molecule is Cc1ccnc(-c2c(F)ccnc2F)c1. The second-order valence-electron chi connectivity index (χ2n) is 3.18. The van der Waals surface area contributed by atoms with Crippen LogP contribution in [0.3, 0.4) is 0 Å². The predicted molar refractivity (Wildman–Crippen MR) is 52.1 cm³/mol. The Kier molecular flexibility index (Phi) is 2.41. The van der Waals surface area contributed by atoms with Crippen molar-refractivity contribution < 1.29 is 8.78 Å². The van der Waals surface area contributed by atoms with Crippen LogP contribution >= 0.6 is 0 Å². The Balaban J connectivity index is 2.63. The summed E-state index contributed by atoms with van der Waals surface area (Å²) in [6.45, 7) is 1.83. The maximum Gasteiger partial charge on any atom is 0.225 e. The van der Waals surface area contributed by atoms with Gasteiger partial charge in [-0.05, 0) is 30.7 Å². The third-order valence-electron chi connectivity index (χ3n) is 2.03. The van der Waals surface area contributed by atoms with E-state index >= 15 is 0 Å². The molecule has 0 radical (unpaired) electrons. The molecule has 0 atom stereocenters. The van der Waals surface area contributed by atoms with Crippen molar-refractivity contribution in [1.82, 2.24) is 9.97 Å². The maximum absolute atomic E-state index is 13.3. The largest absolute Gasteiger partial charge is 0.256 e. The van der Waals surface area contributed by atoms with E-state index in [4.69, 9.17) is 0 Å². The molecule has 0 unspecified atom stereocenters. The first-order valence-electron chi connectivity index (χ1n) is 4.41. The minimum absolute atomic E-state index is 0.179. The number of hydrogen-bond donors (Lipinski definition) is 0. The van der Waals surface area contributed by atoms with Crippen molar-refractivity contribution in [3.05, 3.63) is 47.9 Å². The fourth-order valence-corrected chi connectivity index (χ4v) is 1.32. The quantitative estimate of drug-likeness (QED) is 0.670. The van der Waals surface area contributed by atoms with Gasteiger partial charge in [-0.25, -0.2) is 9.37 Å². The van der Waals surface area contributed by atoms with E-state index in [2.05, 4.69) is 9.97 Å². The van der Waals surface area contributed by atoms with E-state index in [0.717, 1.165) is 17.8 Å². The Labute approximate surface area is 85.6 Å². The Morgan fingerprint density at radius 3 is 2.47 bits per heavy atom. The van der Waals surface area contributed by atoms with Crippen LogP contribution in [0.1, 0.15) is 5.56 Å². The molecule has 0 aliphatic carbocycles. The van der Waals surface area contributed by atoms with Crippen LogP contribution in [0.2, 0.25) is 0 Å². The fraction of sp³-hybridized carbons (Fsp3) is 0.0909. The van der Waals surface area contributed by atoms with Gasteiger partial charge in [-0.3, -0.25) is 4.98 Å². The van der Waals surface area contributed by atoms with E-state index in [1.807, 2.05) is 6.92 Å². The smallest absolute Gasteiger partial charge is 0.225 e. The predicted octanol–water partition coefficient (Wildman–Crippen LogP) is 2.73. The van der Waals surface area contributed by atoms with E-state index in [0.29, 0.717) is 0 Å². The van der Waals surface area contributed by atoms with Gasteiger partial charge in [-0.1, -0.05) is 0 Å². The van der Waals surface area contributed by atoms with Crippen molar-refractivity contribution in [2.75, 3.05) is 0 Å². The first-order valence-corrected chi connectivity index (χ1v) is 4.41. The first-order chi connectivity index (χ1) is 7.18. The summed E-state index contributed by atoms with van der Waals surface area (Å²) in [6.07, 6.45) is 2.60. The summed E-state index contributed by atoms with van der Waals surface area (Å²) in [5, 5.41) is 0. The zero-order valence-corrected chi connectivity index (χ0v) is 8.04. The van der Waals surface area contributed by atoms with Gasteiger partial charge in [0.1, 0.15) is 5.82 Å². The average molecular weight is 206 g/mol. The highest BCUT2D eigenvalue weighted by Crippen LogP contribution is 2.22. The summed E-state index contributed by atoms with van der Waals surface area (Å²) in [4.78, 5) is 7.31. The first kappa shape index (κ1) is 9.71. The molecule has 4 heteroatoms.